The van der Waals surface area contributed by atoms with Crippen LogP contribution in [0, 0.1) is 0 Å². The van der Waals surface area contributed by atoms with Gasteiger partial charge in [0.2, 0.25) is 0 Å². The molecule has 0 aromatic heterocycles. The van der Waals surface area contributed by atoms with Crippen molar-refractivity contribution in [3.8, 4) is 0 Å². The summed E-state index contributed by atoms with van der Waals surface area (Å²) in [5, 5.41) is 11.2. The molecule has 0 aromatic rings. The van der Waals surface area contributed by atoms with Crippen molar-refractivity contribution in [3.05, 3.63) is 12.2 Å². The molecule has 3 heteroatoms. The van der Waals surface area contributed by atoms with Gasteiger partial charge in [-0.25, -0.2) is 0 Å². The molecule has 0 amide bonds. The molecule has 0 radical (unpaired) electrons. The second-order valence-electron chi connectivity index (χ2n) is 2.41. The van der Waals surface area contributed by atoms with Crippen LogP contribution < -0.4 is 5.32 Å². The number of carboxylic acid groups (broad SMARTS) is 1. The number of nitrogens with one attached hydrogen (secondary N) is 1. The van der Waals surface area contributed by atoms with Crippen molar-refractivity contribution in [2.45, 2.75) is 18.9 Å². The molecular formula is C7H11NO2. The molecule has 1 aliphatic carbocycles. The number of hydrogen-bond acceptors (Lipinski definition) is 2. The SMILES string of the molecule is O=C(O)CNC1CC=CC1. The van der Waals surface area contributed by atoms with E-state index in [-0.39, 0.29) is 6.54 Å². The molecule has 0 fully saturated rings. The van der Waals surface area contributed by atoms with Crippen LogP contribution in [-0.4, -0.2) is 23.7 Å². The summed E-state index contributed by atoms with van der Waals surface area (Å²) in [6.45, 7) is 0.0757. The van der Waals surface area contributed by atoms with Crippen molar-refractivity contribution < 1.29 is 9.90 Å². The van der Waals surface area contributed by atoms with Crippen LogP contribution in [0.2, 0.25) is 0 Å². The lowest BCUT2D eigenvalue weighted by Gasteiger charge is -2.08. The smallest absolute Gasteiger partial charge is 0.317 e. The fourth-order valence-corrected chi connectivity index (χ4v) is 1.02. The Hall–Kier alpha value is -0.830. The predicted molar refractivity (Wildman–Crippen MR) is 37.8 cm³/mol. The van der Waals surface area contributed by atoms with Crippen LogP contribution in [0.4, 0.5) is 0 Å². The molecule has 2 N–H and O–H groups in total. The molecule has 0 spiro atoms. The maximum Gasteiger partial charge on any atom is 0.317 e. The van der Waals surface area contributed by atoms with Crippen LogP contribution in [0.5, 0.6) is 0 Å². The van der Waals surface area contributed by atoms with Gasteiger partial charge in [-0.15, -0.1) is 0 Å². The van der Waals surface area contributed by atoms with Crippen molar-refractivity contribution in [2.24, 2.45) is 0 Å². The lowest BCUT2D eigenvalue weighted by molar-refractivity contribution is -0.136. The summed E-state index contributed by atoms with van der Waals surface area (Å²) in [5.74, 6) is -0.785. The summed E-state index contributed by atoms with van der Waals surface area (Å²) in [7, 11) is 0. The Balaban J connectivity index is 2.09. The lowest BCUT2D eigenvalue weighted by atomic mass is 10.2. The molecule has 56 valence electrons. The zero-order valence-corrected chi connectivity index (χ0v) is 5.71. The Labute approximate surface area is 59.7 Å². The normalized spacial score (nSPS) is 18.0. The molecule has 0 aliphatic heterocycles. The van der Waals surface area contributed by atoms with Gasteiger partial charge in [-0.3, -0.25) is 4.79 Å². The first-order valence-electron chi connectivity index (χ1n) is 3.39. The minimum atomic E-state index is -0.785. The fraction of sp³-hybridized carbons (Fsp3) is 0.571. The molecule has 0 heterocycles. The van der Waals surface area contributed by atoms with Gasteiger partial charge < -0.3 is 10.4 Å². The summed E-state index contributed by atoms with van der Waals surface area (Å²) in [4.78, 5) is 10.1. The van der Waals surface area contributed by atoms with Crippen molar-refractivity contribution in [1.82, 2.24) is 5.32 Å². The Morgan fingerprint density at radius 3 is 2.70 bits per heavy atom. The fourth-order valence-electron chi connectivity index (χ4n) is 1.02. The first kappa shape index (κ1) is 7.28. The van der Waals surface area contributed by atoms with E-state index in [1.54, 1.807) is 0 Å². The highest BCUT2D eigenvalue weighted by Gasteiger charge is 2.09. The number of rotatable bonds is 3. The molecule has 10 heavy (non-hydrogen) atoms. The van der Waals surface area contributed by atoms with Gasteiger partial charge >= 0.3 is 5.97 Å². The minimum absolute atomic E-state index is 0.0757. The van der Waals surface area contributed by atoms with E-state index in [1.807, 2.05) is 0 Å². The van der Waals surface area contributed by atoms with Crippen LogP contribution in [0.1, 0.15) is 12.8 Å². The topological polar surface area (TPSA) is 49.3 Å². The summed E-state index contributed by atoms with van der Waals surface area (Å²) >= 11 is 0. The van der Waals surface area contributed by atoms with E-state index in [2.05, 4.69) is 17.5 Å². The molecule has 0 atom stereocenters. The number of carbonyl (C=O) groups is 1. The third kappa shape index (κ3) is 2.19. The Bertz CT molecular complexity index is 146. The monoisotopic (exact) mass is 141 g/mol. The number of hydrogen-bond donors (Lipinski definition) is 2. The van der Waals surface area contributed by atoms with Gasteiger partial charge in [0.25, 0.3) is 0 Å². The molecule has 0 aromatic carbocycles. The third-order valence-electron chi connectivity index (χ3n) is 1.55. The van der Waals surface area contributed by atoms with Gasteiger partial charge in [-0.05, 0) is 12.8 Å². The van der Waals surface area contributed by atoms with Crippen LogP contribution in [-0.2, 0) is 4.79 Å². The van der Waals surface area contributed by atoms with Gasteiger partial charge in [-0.2, -0.15) is 0 Å². The molecule has 0 saturated heterocycles. The molecule has 0 unspecified atom stereocenters. The number of aliphatic carboxylic acids is 1. The van der Waals surface area contributed by atoms with Crippen molar-refractivity contribution in [2.75, 3.05) is 6.54 Å². The highest BCUT2D eigenvalue weighted by molar-refractivity contribution is 5.69. The first-order chi connectivity index (χ1) is 4.79. The van der Waals surface area contributed by atoms with Crippen LogP contribution >= 0.6 is 0 Å². The Kier molecular flexibility index (Phi) is 2.45. The van der Waals surface area contributed by atoms with Gasteiger partial charge in [-0.1, -0.05) is 12.2 Å². The van der Waals surface area contributed by atoms with E-state index >= 15 is 0 Å². The zero-order chi connectivity index (χ0) is 7.40. The second-order valence-corrected chi connectivity index (χ2v) is 2.41. The molecule has 3 nitrogen and oxygen atoms in total. The van der Waals surface area contributed by atoms with Gasteiger partial charge in [0, 0.05) is 6.04 Å². The van der Waals surface area contributed by atoms with Crippen LogP contribution in [0.3, 0.4) is 0 Å². The van der Waals surface area contributed by atoms with Gasteiger partial charge in [0.1, 0.15) is 0 Å². The van der Waals surface area contributed by atoms with E-state index in [4.69, 9.17) is 5.11 Å². The molecular weight excluding hydrogens is 130 g/mol. The molecule has 1 aliphatic rings. The summed E-state index contributed by atoms with van der Waals surface area (Å²) < 4.78 is 0. The van der Waals surface area contributed by atoms with Gasteiger partial charge in [0.05, 0.1) is 6.54 Å². The quantitative estimate of drug-likeness (QED) is 0.558. The second kappa shape index (κ2) is 3.37. The van der Waals surface area contributed by atoms with E-state index in [0.29, 0.717) is 6.04 Å². The van der Waals surface area contributed by atoms with Crippen LogP contribution in [0.25, 0.3) is 0 Å². The maximum atomic E-state index is 10.1. The Morgan fingerprint density at radius 2 is 2.20 bits per heavy atom. The Morgan fingerprint density at radius 1 is 1.60 bits per heavy atom. The van der Waals surface area contributed by atoms with E-state index in [1.165, 1.54) is 0 Å². The van der Waals surface area contributed by atoms with Crippen LogP contribution in [0.15, 0.2) is 12.2 Å². The van der Waals surface area contributed by atoms with Gasteiger partial charge in [0.15, 0.2) is 0 Å². The standard InChI is InChI=1S/C7H11NO2/c9-7(10)5-8-6-3-1-2-4-6/h1-2,6,8H,3-5H2,(H,9,10). The summed E-state index contributed by atoms with van der Waals surface area (Å²) in [6, 6.07) is 0.357. The summed E-state index contributed by atoms with van der Waals surface area (Å²) in [6.07, 6.45) is 6.07. The molecule has 1 rings (SSSR count). The molecule has 0 bridgehead atoms. The molecule has 0 saturated carbocycles. The third-order valence-corrected chi connectivity index (χ3v) is 1.55. The van der Waals surface area contributed by atoms with E-state index in [0.717, 1.165) is 12.8 Å². The van der Waals surface area contributed by atoms with Crippen molar-refractivity contribution in [3.63, 3.8) is 0 Å². The maximum absolute atomic E-state index is 10.1. The predicted octanol–water partition coefficient (Wildman–Crippen LogP) is 0.379. The van der Waals surface area contributed by atoms with E-state index in [9.17, 15) is 4.79 Å². The van der Waals surface area contributed by atoms with Crippen molar-refractivity contribution in [1.29, 1.82) is 0 Å². The zero-order valence-electron chi connectivity index (χ0n) is 5.71. The minimum Gasteiger partial charge on any atom is -0.480 e. The van der Waals surface area contributed by atoms with Crippen molar-refractivity contribution >= 4 is 5.97 Å². The highest BCUT2D eigenvalue weighted by Crippen LogP contribution is 2.07. The average molecular weight is 141 g/mol. The number of carboxylic acids is 1. The first-order valence-corrected chi connectivity index (χ1v) is 3.39. The lowest BCUT2D eigenvalue weighted by Crippen LogP contribution is -2.31. The largest absolute Gasteiger partial charge is 0.480 e. The average Bonchev–Trinajstić information content (AvgIpc) is 2.34. The highest BCUT2D eigenvalue weighted by atomic mass is 16.4. The summed E-state index contributed by atoms with van der Waals surface area (Å²) in [5.41, 5.74) is 0. The van der Waals surface area contributed by atoms with E-state index < -0.39 is 5.97 Å².